The van der Waals surface area contributed by atoms with Gasteiger partial charge in [-0.2, -0.15) is 0 Å². The first-order valence-corrected chi connectivity index (χ1v) is 10.5. The summed E-state index contributed by atoms with van der Waals surface area (Å²) in [5.41, 5.74) is 4.04. The number of hydrogen-bond donors (Lipinski definition) is 0. The van der Waals surface area contributed by atoms with Crippen LogP contribution >= 0.6 is 22.7 Å². The molecular weight excluding hydrogens is 406 g/mol. The van der Waals surface area contributed by atoms with Crippen LogP contribution in [0.25, 0.3) is 20.4 Å². The maximum Gasteiger partial charge on any atom is 0.260 e. The molecule has 6 nitrogen and oxygen atoms in total. The van der Waals surface area contributed by atoms with Crippen molar-refractivity contribution in [2.75, 3.05) is 12.0 Å². The van der Waals surface area contributed by atoms with E-state index in [1.807, 2.05) is 42.5 Å². The van der Waals surface area contributed by atoms with E-state index in [2.05, 4.69) is 4.98 Å². The van der Waals surface area contributed by atoms with Gasteiger partial charge in [-0.05, 0) is 42.5 Å². The lowest BCUT2D eigenvalue weighted by Crippen LogP contribution is -2.30. The third-order valence-electron chi connectivity index (χ3n) is 4.53. The number of nitrogens with zero attached hydrogens (tertiary/aromatic N) is 3. The summed E-state index contributed by atoms with van der Waals surface area (Å²) in [4.78, 5) is 24.1. The van der Waals surface area contributed by atoms with Crippen LogP contribution in [0.4, 0.5) is 5.13 Å². The van der Waals surface area contributed by atoms with Crippen LogP contribution in [-0.4, -0.2) is 23.0 Å². The monoisotopic (exact) mass is 421 g/mol. The number of amides is 1. The second-order valence-electron chi connectivity index (χ2n) is 6.34. The van der Waals surface area contributed by atoms with Crippen LogP contribution < -0.4 is 9.64 Å². The minimum absolute atomic E-state index is 0.136. The van der Waals surface area contributed by atoms with E-state index in [0.29, 0.717) is 23.0 Å². The number of ether oxygens (including phenoxy) is 1. The number of thiazole rings is 2. The van der Waals surface area contributed by atoms with E-state index in [9.17, 15) is 4.79 Å². The number of fused-ring (bicyclic) bond motifs is 2. The molecule has 0 atom stereocenters. The van der Waals surface area contributed by atoms with Crippen molar-refractivity contribution in [1.82, 2.24) is 9.97 Å². The van der Waals surface area contributed by atoms with Crippen molar-refractivity contribution in [2.45, 2.75) is 6.54 Å². The molecule has 0 radical (unpaired) electrons. The van der Waals surface area contributed by atoms with E-state index < -0.39 is 0 Å². The number of methoxy groups -OCH3 is 1. The van der Waals surface area contributed by atoms with Gasteiger partial charge in [-0.1, -0.05) is 11.3 Å². The lowest BCUT2D eigenvalue weighted by Gasteiger charge is -2.18. The van der Waals surface area contributed by atoms with Crippen LogP contribution in [0, 0.1) is 0 Å². The van der Waals surface area contributed by atoms with Gasteiger partial charge in [-0.25, -0.2) is 9.97 Å². The van der Waals surface area contributed by atoms with Gasteiger partial charge in [0.25, 0.3) is 5.91 Å². The van der Waals surface area contributed by atoms with E-state index in [4.69, 9.17) is 14.1 Å². The normalized spacial score (nSPS) is 11.2. The minimum Gasteiger partial charge on any atom is -0.497 e. The Balaban J connectivity index is 1.57. The average Bonchev–Trinajstić information content (AvgIpc) is 3.50. The van der Waals surface area contributed by atoms with Gasteiger partial charge in [0.15, 0.2) is 5.13 Å². The smallest absolute Gasteiger partial charge is 0.260 e. The molecule has 0 aliphatic carbocycles. The fraction of sp³-hybridized carbons (Fsp3) is 0.0952. The van der Waals surface area contributed by atoms with Crippen molar-refractivity contribution in [3.05, 3.63) is 71.6 Å². The molecule has 0 saturated heterocycles. The fourth-order valence-electron chi connectivity index (χ4n) is 3.07. The lowest BCUT2D eigenvalue weighted by atomic mass is 10.2. The SMILES string of the molecule is COc1ccc2sc(N(Cc3ccco3)C(=O)c3ccc4ncsc4c3)nc2c1. The van der Waals surface area contributed by atoms with E-state index in [1.54, 1.807) is 29.8 Å². The van der Waals surface area contributed by atoms with Gasteiger partial charge in [0.05, 0.1) is 45.9 Å². The van der Waals surface area contributed by atoms with E-state index >= 15 is 0 Å². The quantitative estimate of drug-likeness (QED) is 0.382. The Morgan fingerprint density at radius 1 is 1.14 bits per heavy atom. The number of carbonyl (C=O) groups excluding carboxylic acids is 1. The highest BCUT2D eigenvalue weighted by molar-refractivity contribution is 7.22. The highest BCUT2D eigenvalue weighted by Crippen LogP contribution is 2.33. The molecule has 0 N–H and O–H groups in total. The summed E-state index contributed by atoms with van der Waals surface area (Å²) in [6, 6.07) is 14.9. The third kappa shape index (κ3) is 3.37. The number of rotatable bonds is 5. The summed E-state index contributed by atoms with van der Waals surface area (Å²) < 4.78 is 12.7. The first-order valence-electron chi connectivity index (χ1n) is 8.83. The largest absolute Gasteiger partial charge is 0.497 e. The maximum atomic E-state index is 13.4. The predicted octanol–water partition coefficient (Wildman–Crippen LogP) is 5.35. The van der Waals surface area contributed by atoms with E-state index in [1.165, 1.54) is 22.7 Å². The summed E-state index contributed by atoms with van der Waals surface area (Å²) in [5, 5.41) is 0.610. The summed E-state index contributed by atoms with van der Waals surface area (Å²) in [6.07, 6.45) is 1.60. The molecule has 1 amide bonds. The Morgan fingerprint density at radius 3 is 2.90 bits per heavy atom. The van der Waals surface area contributed by atoms with Crippen molar-refractivity contribution in [1.29, 1.82) is 0 Å². The van der Waals surface area contributed by atoms with Gasteiger partial charge in [0.2, 0.25) is 0 Å². The number of furan rings is 1. The second kappa shape index (κ2) is 7.31. The Morgan fingerprint density at radius 2 is 2.07 bits per heavy atom. The van der Waals surface area contributed by atoms with Gasteiger partial charge in [-0.3, -0.25) is 9.69 Å². The van der Waals surface area contributed by atoms with Crippen LogP contribution in [-0.2, 0) is 6.54 Å². The molecule has 3 aromatic heterocycles. The van der Waals surface area contributed by atoms with Gasteiger partial charge in [-0.15, -0.1) is 11.3 Å². The molecule has 3 heterocycles. The molecule has 0 aliphatic heterocycles. The number of hydrogen-bond acceptors (Lipinski definition) is 7. The predicted molar refractivity (Wildman–Crippen MR) is 115 cm³/mol. The molecule has 0 unspecified atom stereocenters. The van der Waals surface area contributed by atoms with Crippen LogP contribution in [0.2, 0.25) is 0 Å². The summed E-state index contributed by atoms with van der Waals surface area (Å²) in [6.45, 7) is 0.295. The molecule has 0 aliphatic rings. The molecule has 144 valence electrons. The topological polar surface area (TPSA) is 68.5 Å². The molecule has 0 fully saturated rings. The van der Waals surface area contributed by atoms with Crippen LogP contribution in [0.1, 0.15) is 16.1 Å². The van der Waals surface area contributed by atoms with Crippen LogP contribution in [0.3, 0.4) is 0 Å². The highest BCUT2D eigenvalue weighted by atomic mass is 32.1. The van der Waals surface area contributed by atoms with E-state index in [-0.39, 0.29) is 5.91 Å². The number of carbonyl (C=O) groups is 1. The first-order chi connectivity index (χ1) is 14.2. The fourth-order valence-corrected chi connectivity index (χ4v) is 4.73. The molecule has 5 rings (SSSR count). The zero-order valence-electron chi connectivity index (χ0n) is 15.4. The zero-order chi connectivity index (χ0) is 19.8. The molecule has 0 spiro atoms. The average molecular weight is 422 g/mol. The van der Waals surface area contributed by atoms with Crippen molar-refractivity contribution in [3.8, 4) is 5.75 Å². The van der Waals surface area contributed by atoms with Gasteiger partial charge >= 0.3 is 0 Å². The van der Waals surface area contributed by atoms with Gasteiger partial charge in [0, 0.05) is 11.6 Å². The first kappa shape index (κ1) is 17.8. The second-order valence-corrected chi connectivity index (χ2v) is 8.23. The molecule has 0 bridgehead atoms. The third-order valence-corrected chi connectivity index (χ3v) is 6.38. The lowest BCUT2D eigenvalue weighted by molar-refractivity contribution is 0.0983. The van der Waals surface area contributed by atoms with Gasteiger partial charge in [0.1, 0.15) is 11.5 Å². The Bertz CT molecular complexity index is 1310. The Hall–Kier alpha value is -3.23. The van der Waals surface area contributed by atoms with Crippen molar-refractivity contribution in [3.63, 3.8) is 0 Å². The molecule has 8 heteroatoms. The minimum atomic E-state index is -0.136. The summed E-state index contributed by atoms with van der Waals surface area (Å²) in [5.74, 6) is 1.28. The van der Waals surface area contributed by atoms with Crippen molar-refractivity contribution < 1.29 is 13.9 Å². The summed E-state index contributed by atoms with van der Waals surface area (Å²) >= 11 is 2.97. The van der Waals surface area contributed by atoms with Crippen LogP contribution in [0.15, 0.2) is 64.7 Å². The number of anilines is 1. The Labute approximate surface area is 174 Å². The molecule has 2 aromatic carbocycles. The Kier molecular flexibility index (Phi) is 4.49. The molecule has 5 aromatic rings. The van der Waals surface area contributed by atoms with Crippen molar-refractivity contribution in [2.24, 2.45) is 0 Å². The number of aromatic nitrogens is 2. The zero-order valence-corrected chi connectivity index (χ0v) is 17.0. The van der Waals surface area contributed by atoms with Crippen LogP contribution in [0.5, 0.6) is 5.75 Å². The standard InChI is InChI=1S/C21H15N3O3S2/c1-26-14-5-7-18-17(10-14)23-21(29-18)24(11-15-3-2-8-27-15)20(25)13-4-6-16-19(9-13)28-12-22-16/h2-10,12H,11H2,1H3. The molecular formula is C21H15N3O3S2. The van der Waals surface area contributed by atoms with E-state index in [0.717, 1.165) is 26.2 Å². The van der Waals surface area contributed by atoms with Gasteiger partial charge < -0.3 is 9.15 Å². The molecule has 29 heavy (non-hydrogen) atoms. The number of benzene rings is 2. The summed E-state index contributed by atoms with van der Waals surface area (Å²) in [7, 11) is 1.62. The van der Waals surface area contributed by atoms with Crippen molar-refractivity contribution >= 4 is 54.1 Å². The molecule has 0 saturated carbocycles. The maximum absolute atomic E-state index is 13.4. The highest BCUT2D eigenvalue weighted by Gasteiger charge is 2.23.